The quantitative estimate of drug-likeness (QED) is 0.623. The lowest BCUT2D eigenvalue weighted by atomic mass is 10.2. The molecule has 100 valence electrons. The third-order valence-electron chi connectivity index (χ3n) is 2.93. The SMILES string of the molecule is CCOCCn1c(C(C)Cl)nc2ccc(C#N)cc21. The Labute approximate surface area is 117 Å². The van der Waals surface area contributed by atoms with Crippen molar-refractivity contribution in [3.8, 4) is 6.07 Å². The Kier molecular flexibility index (Phi) is 4.41. The van der Waals surface area contributed by atoms with Crippen LogP contribution in [0.15, 0.2) is 18.2 Å². The molecule has 0 spiro atoms. The first-order chi connectivity index (χ1) is 9.17. The third kappa shape index (κ3) is 2.89. The predicted octanol–water partition coefficient (Wildman–Crippen LogP) is 3.24. The molecule has 0 bridgehead atoms. The minimum absolute atomic E-state index is 0.181. The Morgan fingerprint density at radius 1 is 1.53 bits per heavy atom. The second-order valence-corrected chi connectivity index (χ2v) is 4.90. The molecule has 0 amide bonds. The van der Waals surface area contributed by atoms with E-state index in [2.05, 4.69) is 11.1 Å². The highest BCUT2D eigenvalue weighted by atomic mass is 35.5. The molecule has 2 rings (SSSR count). The standard InChI is InChI=1S/C14H16ClN3O/c1-3-19-7-6-18-13-8-11(9-16)4-5-12(13)17-14(18)10(2)15/h4-5,8,10H,3,6-7H2,1-2H3. The molecule has 1 heterocycles. The van der Waals surface area contributed by atoms with Crippen molar-refractivity contribution < 1.29 is 4.74 Å². The molecule has 0 saturated heterocycles. The van der Waals surface area contributed by atoms with Gasteiger partial charge in [0.15, 0.2) is 0 Å². The number of nitrogens with zero attached hydrogens (tertiary/aromatic N) is 3. The maximum absolute atomic E-state index is 8.99. The normalized spacial score (nSPS) is 12.5. The summed E-state index contributed by atoms with van der Waals surface area (Å²) in [6.45, 7) is 5.83. The lowest BCUT2D eigenvalue weighted by Crippen LogP contribution is -2.09. The van der Waals surface area contributed by atoms with E-state index in [9.17, 15) is 0 Å². The largest absolute Gasteiger partial charge is 0.380 e. The number of nitriles is 1. The van der Waals surface area contributed by atoms with Crippen LogP contribution in [0.3, 0.4) is 0 Å². The summed E-state index contributed by atoms with van der Waals surface area (Å²) in [6.07, 6.45) is 0. The monoisotopic (exact) mass is 277 g/mol. The van der Waals surface area contributed by atoms with Crippen molar-refractivity contribution in [1.29, 1.82) is 5.26 Å². The molecule has 1 aromatic heterocycles. The average Bonchev–Trinajstić information content (AvgIpc) is 2.77. The topological polar surface area (TPSA) is 50.8 Å². The fourth-order valence-corrected chi connectivity index (χ4v) is 2.22. The minimum atomic E-state index is -0.181. The van der Waals surface area contributed by atoms with Crippen LogP contribution in [0.25, 0.3) is 11.0 Å². The van der Waals surface area contributed by atoms with Crippen LogP contribution in [0.4, 0.5) is 0 Å². The second-order valence-electron chi connectivity index (χ2n) is 4.25. The summed E-state index contributed by atoms with van der Waals surface area (Å²) in [5.74, 6) is 0.812. The first-order valence-corrected chi connectivity index (χ1v) is 6.73. The molecule has 1 unspecified atom stereocenters. The first-order valence-electron chi connectivity index (χ1n) is 6.29. The summed E-state index contributed by atoms with van der Waals surface area (Å²) >= 11 is 6.18. The Morgan fingerprint density at radius 2 is 2.32 bits per heavy atom. The molecule has 0 aliphatic rings. The summed E-state index contributed by atoms with van der Waals surface area (Å²) in [7, 11) is 0. The van der Waals surface area contributed by atoms with E-state index in [-0.39, 0.29) is 5.38 Å². The van der Waals surface area contributed by atoms with Crippen molar-refractivity contribution in [1.82, 2.24) is 9.55 Å². The number of alkyl halides is 1. The maximum Gasteiger partial charge on any atom is 0.127 e. The van der Waals surface area contributed by atoms with Gasteiger partial charge in [-0.15, -0.1) is 11.6 Å². The average molecular weight is 278 g/mol. The Balaban J connectivity index is 2.48. The van der Waals surface area contributed by atoms with Crippen molar-refractivity contribution in [3.05, 3.63) is 29.6 Å². The van der Waals surface area contributed by atoms with E-state index in [1.807, 2.05) is 30.5 Å². The summed E-state index contributed by atoms with van der Waals surface area (Å²) in [5, 5.41) is 8.81. The summed E-state index contributed by atoms with van der Waals surface area (Å²) in [4.78, 5) is 4.53. The van der Waals surface area contributed by atoms with Crippen molar-refractivity contribution in [2.75, 3.05) is 13.2 Å². The van der Waals surface area contributed by atoms with Gasteiger partial charge in [0.25, 0.3) is 0 Å². The summed E-state index contributed by atoms with van der Waals surface area (Å²) in [6, 6.07) is 7.61. The second kappa shape index (κ2) is 6.05. The van der Waals surface area contributed by atoms with Crippen molar-refractivity contribution >= 4 is 22.6 Å². The molecular weight excluding hydrogens is 262 g/mol. The molecule has 2 aromatic rings. The van der Waals surface area contributed by atoms with Gasteiger partial charge in [-0.3, -0.25) is 0 Å². The van der Waals surface area contributed by atoms with Crippen LogP contribution >= 0.6 is 11.6 Å². The van der Waals surface area contributed by atoms with E-state index in [0.717, 1.165) is 16.9 Å². The molecule has 0 radical (unpaired) electrons. The molecule has 0 aliphatic carbocycles. The zero-order valence-electron chi connectivity index (χ0n) is 11.1. The van der Waals surface area contributed by atoms with Gasteiger partial charge in [0.05, 0.1) is 34.7 Å². The van der Waals surface area contributed by atoms with E-state index in [1.54, 1.807) is 6.07 Å². The van der Waals surface area contributed by atoms with Gasteiger partial charge >= 0.3 is 0 Å². The van der Waals surface area contributed by atoms with Crippen LogP contribution in [-0.4, -0.2) is 22.8 Å². The summed E-state index contributed by atoms with van der Waals surface area (Å²) < 4.78 is 7.42. The maximum atomic E-state index is 8.99. The van der Waals surface area contributed by atoms with E-state index in [0.29, 0.717) is 25.3 Å². The number of hydrogen-bond donors (Lipinski definition) is 0. The van der Waals surface area contributed by atoms with Gasteiger partial charge in [-0.1, -0.05) is 0 Å². The van der Waals surface area contributed by atoms with Gasteiger partial charge in [-0.05, 0) is 32.0 Å². The molecule has 1 atom stereocenters. The highest BCUT2D eigenvalue weighted by molar-refractivity contribution is 6.20. The van der Waals surface area contributed by atoms with E-state index in [4.69, 9.17) is 21.6 Å². The van der Waals surface area contributed by atoms with Crippen LogP contribution < -0.4 is 0 Å². The predicted molar refractivity (Wildman–Crippen MR) is 75.2 cm³/mol. The van der Waals surface area contributed by atoms with E-state index < -0.39 is 0 Å². The smallest absolute Gasteiger partial charge is 0.127 e. The minimum Gasteiger partial charge on any atom is -0.380 e. The number of rotatable bonds is 5. The van der Waals surface area contributed by atoms with Crippen LogP contribution in [0.1, 0.15) is 30.6 Å². The number of aromatic nitrogens is 2. The highest BCUT2D eigenvalue weighted by Crippen LogP contribution is 2.25. The first kappa shape index (κ1) is 13.9. The molecular formula is C14H16ClN3O. The number of hydrogen-bond acceptors (Lipinski definition) is 3. The number of benzene rings is 1. The van der Waals surface area contributed by atoms with Crippen molar-refractivity contribution in [2.24, 2.45) is 0 Å². The van der Waals surface area contributed by atoms with Gasteiger partial charge in [0, 0.05) is 13.2 Å². The molecule has 4 nitrogen and oxygen atoms in total. The van der Waals surface area contributed by atoms with Crippen LogP contribution in [-0.2, 0) is 11.3 Å². The Morgan fingerprint density at radius 3 is 2.95 bits per heavy atom. The lowest BCUT2D eigenvalue weighted by Gasteiger charge is -2.10. The summed E-state index contributed by atoms with van der Waals surface area (Å²) in [5.41, 5.74) is 2.41. The molecule has 5 heteroatoms. The van der Waals surface area contributed by atoms with Crippen molar-refractivity contribution in [2.45, 2.75) is 25.8 Å². The zero-order chi connectivity index (χ0) is 13.8. The van der Waals surface area contributed by atoms with Crippen LogP contribution in [0, 0.1) is 11.3 Å². The third-order valence-corrected chi connectivity index (χ3v) is 3.12. The lowest BCUT2D eigenvalue weighted by molar-refractivity contribution is 0.139. The van der Waals surface area contributed by atoms with Crippen molar-refractivity contribution in [3.63, 3.8) is 0 Å². The zero-order valence-corrected chi connectivity index (χ0v) is 11.8. The molecule has 0 fully saturated rings. The van der Waals surface area contributed by atoms with Crippen LogP contribution in [0.2, 0.25) is 0 Å². The number of fused-ring (bicyclic) bond motifs is 1. The Hall–Kier alpha value is -1.57. The number of ether oxygens (including phenoxy) is 1. The molecule has 0 aliphatic heterocycles. The molecule has 1 aromatic carbocycles. The van der Waals surface area contributed by atoms with Gasteiger partial charge < -0.3 is 9.30 Å². The number of halogens is 1. The molecule has 19 heavy (non-hydrogen) atoms. The van der Waals surface area contributed by atoms with E-state index >= 15 is 0 Å². The Bertz CT molecular complexity index is 613. The van der Waals surface area contributed by atoms with E-state index in [1.165, 1.54) is 0 Å². The van der Waals surface area contributed by atoms with Gasteiger partial charge in [0.1, 0.15) is 5.82 Å². The molecule has 0 saturated carbocycles. The fourth-order valence-electron chi connectivity index (χ4n) is 2.05. The van der Waals surface area contributed by atoms with Gasteiger partial charge in [-0.2, -0.15) is 5.26 Å². The molecule has 0 N–H and O–H groups in total. The fraction of sp³-hybridized carbons (Fsp3) is 0.429. The van der Waals surface area contributed by atoms with Gasteiger partial charge in [0.2, 0.25) is 0 Å². The van der Waals surface area contributed by atoms with Crippen LogP contribution in [0.5, 0.6) is 0 Å². The van der Waals surface area contributed by atoms with Gasteiger partial charge in [-0.25, -0.2) is 4.98 Å². The highest BCUT2D eigenvalue weighted by Gasteiger charge is 2.15. The number of imidazole rings is 1.